The molecule has 0 saturated carbocycles. The molecule has 0 aliphatic carbocycles. The van der Waals surface area contributed by atoms with Crippen molar-refractivity contribution >= 4 is 5.91 Å². The Labute approximate surface area is 152 Å². The topological polar surface area (TPSA) is 77.7 Å². The minimum absolute atomic E-state index is 0.0744. The van der Waals surface area contributed by atoms with E-state index in [0.717, 1.165) is 30.7 Å². The van der Waals surface area contributed by atoms with E-state index in [9.17, 15) is 4.79 Å². The van der Waals surface area contributed by atoms with E-state index in [-0.39, 0.29) is 24.0 Å². The number of ether oxygens (including phenoxy) is 2. The summed E-state index contributed by atoms with van der Waals surface area (Å²) in [4.78, 5) is 14.5. The fourth-order valence-corrected chi connectivity index (χ4v) is 3.38. The second-order valence-corrected chi connectivity index (χ2v) is 7.85. The van der Waals surface area contributed by atoms with E-state index in [4.69, 9.17) is 13.9 Å². The Kier molecular flexibility index (Phi) is 4.09. The van der Waals surface area contributed by atoms with Gasteiger partial charge in [0.25, 0.3) is 0 Å². The zero-order valence-corrected chi connectivity index (χ0v) is 15.3. The number of hydrogen-bond donors (Lipinski definition) is 0. The van der Waals surface area contributed by atoms with Crippen molar-refractivity contribution in [2.75, 3.05) is 19.9 Å². The highest BCUT2D eigenvalue weighted by molar-refractivity contribution is 5.81. The highest BCUT2D eigenvalue weighted by atomic mass is 16.7. The smallest absolute Gasteiger partial charge is 0.247 e. The number of amides is 1. The lowest BCUT2D eigenvalue weighted by atomic mass is 9.91. The predicted octanol–water partition coefficient (Wildman–Crippen LogP) is 3.22. The lowest BCUT2D eigenvalue weighted by Gasteiger charge is -2.35. The Balaban J connectivity index is 1.52. The summed E-state index contributed by atoms with van der Waals surface area (Å²) in [7, 11) is 0. The second-order valence-electron chi connectivity index (χ2n) is 7.85. The van der Waals surface area contributed by atoms with E-state index in [0.29, 0.717) is 24.1 Å². The molecule has 2 aliphatic heterocycles. The van der Waals surface area contributed by atoms with E-state index in [1.54, 1.807) is 0 Å². The highest BCUT2D eigenvalue weighted by Gasteiger charge is 2.33. The van der Waals surface area contributed by atoms with Gasteiger partial charge in [-0.15, -0.1) is 10.2 Å². The van der Waals surface area contributed by atoms with Gasteiger partial charge in [-0.3, -0.25) is 4.79 Å². The number of rotatable bonds is 2. The lowest BCUT2D eigenvalue weighted by Crippen LogP contribution is -2.44. The van der Waals surface area contributed by atoms with Crippen LogP contribution in [-0.4, -0.2) is 40.9 Å². The standard InChI is InChI=1S/C19H23N3O4/c1-19(2,3)18(23)22-8-4-5-13(10-22)17-21-20-16(26-17)12-6-7-14-15(9-12)25-11-24-14/h6-7,9,13H,4-5,8,10-11H2,1-3H3/t13-/m1/s1. The molecule has 7 nitrogen and oxygen atoms in total. The first-order chi connectivity index (χ1) is 12.4. The van der Waals surface area contributed by atoms with Gasteiger partial charge in [-0.1, -0.05) is 20.8 Å². The fraction of sp³-hybridized carbons (Fsp3) is 0.526. The van der Waals surface area contributed by atoms with E-state index in [2.05, 4.69) is 10.2 Å². The van der Waals surface area contributed by atoms with Crippen molar-refractivity contribution in [1.29, 1.82) is 0 Å². The van der Waals surface area contributed by atoms with Gasteiger partial charge in [0.2, 0.25) is 24.5 Å². The molecule has 0 spiro atoms. The van der Waals surface area contributed by atoms with Crippen LogP contribution in [-0.2, 0) is 4.79 Å². The van der Waals surface area contributed by atoms with Crippen LogP contribution < -0.4 is 9.47 Å². The fourth-order valence-electron chi connectivity index (χ4n) is 3.38. The lowest BCUT2D eigenvalue weighted by molar-refractivity contribution is -0.140. The molecule has 1 atom stereocenters. The van der Waals surface area contributed by atoms with Crippen LogP contribution in [0.3, 0.4) is 0 Å². The van der Waals surface area contributed by atoms with E-state index in [1.807, 2.05) is 43.9 Å². The van der Waals surface area contributed by atoms with E-state index < -0.39 is 0 Å². The molecule has 3 heterocycles. The first-order valence-corrected chi connectivity index (χ1v) is 8.94. The van der Waals surface area contributed by atoms with E-state index >= 15 is 0 Å². The van der Waals surface area contributed by atoms with Gasteiger partial charge in [-0.2, -0.15) is 0 Å². The summed E-state index contributed by atoms with van der Waals surface area (Å²) in [6.07, 6.45) is 1.88. The summed E-state index contributed by atoms with van der Waals surface area (Å²) < 4.78 is 16.7. The average molecular weight is 357 g/mol. The van der Waals surface area contributed by atoms with Crippen molar-refractivity contribution in [3.63, 3.8) is 0 Å². The van der Waals surface area contributed by atoms with Gasteiger partial charge >= 0.3 is 0 Å². The third kappa shape index (κ3) is 3.13. The largest absolute Gasteiger partial charge is 0.454 e. The highest BCUT2D eigenvalue weighted by Crippen LogP contribution is 2.36. The maximum Gasteiger partial charge on any atom is 0.247 e. The Hall–Kier alpha value is -2.57. The molecule has 0 N–H and O–H groups in total. The number of aromatic nitrogens is 2. The number of hydrogen-bond acceptors (Lipinski definition) is 6. The molecule has 1 fully saturated rings. The van der Waals surface area contributed by atoms with Gasteiger partial charge in [-0.25, -0.2) is 0 Å². The van der Waals surface area contributed by atoms with Crippen LogP contribution in [0.15, 0.2) is 22.6 Å². The van der Waals surface area contributed by atoms with Crippen molar-refractivity contribution in [3.8, 4) is 23.0 Å². The summed E-state index contributed by atoms with van der Waals surface area (Å²) in [5.41, 5.74) is 0.417. The van der Waals surface area contributed by atoms with E-state index in [1.165, 1.54) is 0 Å². The first kappa shape index (κ1) is 16.9. The quantitative estimate of drug-likeness (QED) is 0.821. The molecule has 2 aliphatic rings. The van der Waals surface area contributed by atoms with Crippen molar-refractivity contribution < 1.29 is 18.7 Å². The van der Waals surface area contributed by atoms with Gasteiger partial charge in [0, 0.05) is 24.1 Å². The maximum absolute atomic E-state index is 12.6. The van der Waals surface area contributed by atoms with Gasteiger partial charge in [0.1, 0.15) is 0 Å². The molecule has 1 aromatic heterocycles. The molecule has 26 heavy (non-hydrogen) atoms. The van der Waals surface area contributed by atoms with Gasteiger partial charge in [0.15, 0.2) is 11.5 Å². The van der Waals surface area contributed by atoms with Crippen LogP contribution in [0.2, 0.25) is 0 Å². The van der Waals surface area contributed by atoms with Gasteiger partial charge < -0.3 is 18.8 Å². The Morgan fingerprint density at radius 2 is 2.00 bits per heavy atom. The van der Waals surface area contributed by atoms with Crippen molar-refractivity contribution in [3.05, 3.63) is 24.1 Å². The molecule has 1 aromatic carbocycles. The third-order valence-corrected chi connectivity index (χ3v) is 4.76. The number of nitrogens with zero attached hydrogens (tertiary/aromatic N) is 3. The Bertz CT molecular complexity index is 824. The molecule has 0 bridgehead atoms. The monoisotopic (exact) mass is 357 g/mol. The molecular formula is C19H23N3O4. The van der Waals surface area contributed by atoms with Crippen LogP contribution in [0.5, 0.6) is 11.5 Å². The zero-order valence-electron chi connectivity index (χ0n) is 15.3. The normalized spacial score (nSPS) is 19.7. The number of piperidine rings is 1. The molecule has 1 saturated heterocycles. The van der Waals surface area contributed by atoms with Crippen molar-refractivity contribution in [2.45, 2.75) is 39.5 Å². The van der Waals surface area contributed by atoms with Crippen LogP contribution >= 0.6 is 0 Å². The number of carbonyl (C=O) groups excluding carboxylic acids is 1. The van der Waals surface area contributed by atoms with Crippen molar-refractivity contribution in [2.24, 2.45) is 5.41 Å². The summed E-state index contributed by atoms with van der Waals surface area (Å²) in [5.74, 6) is 2.68. The molecular weight excluding hydrogens is 334 g/mol. The third-order valence-electron chi connectivity index (χ3n) is 4.76. The van der Waals surface area contributed by atoms with Gasteiger partial charge in [-0.05, 0) is 31.0 Å². The number of benzene rings is 1. The minimum Gasteiger partial charge on any atom is -0.454 e. The second kappa shape index (κ2) is 6.30. The number of fused-ring (bicyclic) bond motifs is 1. The number of likely N-dealkylation sites (tertiary alicyclic amines) is 1. The molecule has 0 radical (unpaired) electrons. The Morgan fingerprint density at radius 1 is 1.19 bits per heavy atom. The van der Waals surface area contributed by atoms with Crippen LogP contribution in [0, 0.1) is 5.41 Å². The van der Waals surface area contributed by atoms with Crippen LogP contribution in [0.4, 0.5) is 0 Å². The molecule has 4 rings (SSSR count). The van der Waals surface area contributed by atoms with Crippen LogP contribution in [0.25, 0.3) is 11.5 Å². The molecule has 138 valence electrons. The minimum atomic E-state index is -0.381. The van der Waals surface area contributed by atoms with Crippen molar-refractivity contribution in [1.82, 2.24) is 15.1 Å². The molecule has 0 unspecified atom stereocenters. The molecule has 1 amide bonds. The predicted molar refractivity (Wildman–Crippen MR) is 93.9 cm³/mol. The summed E-state index contributed by atoms with van der Waals surface area (Å²) in [6.45, 7) is 7.48. The maximum atomic E-state index is 12.6. The first-order valence-electron chi connectivity index (χ1n) is 8.94. The Morgan fingerprint density at radius 3 is 2.81 bits per heavy atom. The average Bonchev–Trinajstić information content (AvgIpc) is 3.29. The van der Waals surface area contributed by atoms with Crippen LogP contribution in [0.1, 0.15) is 45.4 Å². The SMILES string of the molecule is CC(C)(C)C(=O)N1CCC[C@@H](c2nnc(-c3ccc4c(c3)OCO4)o2)C1. The summed E-state index contributed by atoms with van der Waals surface area (Å²) in [5, 5.41) is 8.43. The van der Waals surface area contributed by atoms with Gasteiger partial charge in [0.05, 0.1) is 5.92 Å². The zero-order chi connectivity index (χ0) is 18.3. The molecule has 2 aromatic rings. The number of carbonyl (C=O) groups is 1. The summed E-state index contributed by atoms with van der Waals surface area (Å²) in [6, 6.07) is 5.56. The molecule has 7 heteroatoms. The summed E-state index contributed by atoms with van der Waals surface area (Å²) >= 11 is 0.